The van der Waals surface area contributed by atoms with Crippen molar-refractivity contribution in [1.29, 1.82) is 0 Å². The van der Waals surface area contributed by atoms with Crippen molar-refractivity contribution in [2.75, 3.05) is 13.7 Å². The maximum atomic E-state index is 10.9. The summed E-state index contributed by atoms with van der Waals surface area (Å²) in [5.41, 5.74) is 0.936. The van der Waals surface area contributed by atoms with Crippen LogP contribution in [0.15, 0.2) is 36.9 Å². The summed E-state index contributed by atoms with van der Waals surface area (Å²) in [5, 5.41) is 21.7. The van der Waals surface area contributed by atoms with Gasteiger partial charge in [0.2, 0.25) is 0 Å². The third-order valence-corrected chi connectivity index (χ3v) is 6.32. The lowest BCUT2D eigenvalue weighted by Gasteiger charge is -2.42. The normalized spacial score (nSPS) is 35.2. The van der Waals surface area contributed by atoms with E-state index in [4.69, 9.17) is 23.7 Å². The van der Waals surface area contributed by atoms with Crippen molar-refractivity contribution in [3.63, 3.8) is 0 Å². The van der Waals surface area contributed by atoms with Gasteiger partial charge in [0.25, 0.3) is 0 Å². The number of benzene rings is 1. The average Bonchev–Trinajstić information content (AvgIpc) is 3.12. The minimum Gasteiger partial charge on any atom is -0.497 e. The molecule has 2 saturated carbocycles. The minimum absolute atomic E-state index is 0.255. The Morgan fingerprint density at radius 2 is 1.60 bits per heavy atom. The second-order valence-electron chi connectivity index (χ2n) is 8.33. The van der Waals surface area contributed by atoms with E-state index in [0.29, 0.717) is 0 Å². The lowest BCUT2D eigenvalue weighted by Crippen LogP contribution is -2.64. The van der Waals surface area contributed by atoms with Crippen molar-refractivity contribution >= 4 is 0 Å². The molecule has 1 aliphatic heterocycles. The second kappa shape index (κ2) is 9.34. The minimum atomic E-state index is -1.15. The molecule has 1 aromatic carbocycles. The molecule has 166 valence electrons. The van der Waals surface area contributed by atoms with Gasteiger partial charge in [0.05, 0.1) is 20.3 Å². The summed E-state index contributed by atoms with van der Waals surface area (Å²) in [6.07, 6.45) is 1.67. The first-order chi connectivity index (χ1) is 14.6. The molecule has 0 aromatic heterocycles. The Bertz CT molecular complexity index is 700. The number of ether oxygens (including phenoxy) is 5. The molecule has 1 saturated heterocycles. The molecule has 6 atom stereocenters. The number of fused-ring (bicyclic) bond motifs is 1. The zero-order valence-corrected chi connectivity index (χ0v) is 17.4. The molecule has 1 aromatic rings. The summed E-state index contributed by atoms with van der Waals surface area (Å²) in [7, 11) is 1.62. The van der Waals surface area contributed by atoms with Crippen LogP contribution in [0.1, 0.15) is 37.7 Å². The molecule has 3 fully saturated rings. The number of aliphatic hydroxyl groups excluding tert-OH is 2. The highest BCUT2D eigenvalue weighted by Crippen LogP contribution is 2.46. The fourth-order valence-electron chi connectivity index (χ4n) is 4.75. The lowest BCUT2D eigenvalue weighted by atomic mass is 9.84. The number of aliphatic hydroxyl groups is 2. The van der Waals surface area contributed by atoms with E-state index in [1.54, 1.807) is 13.2 Å². The SMILES string of the molecule is C=CCOC1C(O)C(O)C(OCc2ccc(OC)cc2)C2OC3(CCCCC3)OC12. The maximum Gasteiger partial charge on any atom is 0.169 e. The number of hydrogen-bond acceptors (Lipinski definition) is 7. The van der Waals surface area contributed by atoms with Crippen LogP contribution < -0.4 is 4.74 Å². The van der Waals surface area contributed by atoms with Crippen LogP contribution >= 0.6 is 0 Å². The van der Waals surface area contributed by atoms with Crippen LogP contribution in [0.5, 0.6) is 5.75 Å². The van der Waals surface area contributed by atoms with Crippen molar-refractivity contribution in [2.45, 2.75) is 81.1 Å². The molecule has 2 N–H and O–H groups in total. The Kier molecular flexibility index (Phi) is 6.77. The highest BCUT2D eigenvalue weighted by atomic mass is 16.8. The summed E-state index contributed by atoms with van der Waals surface area (Å²) < 4.78 is 29.9. The Morgan fingerprint density at radius 3 is 2.17 bits per heavy atom. The molecule has 6 unspecified atom stereocenters. The van der Waals surface area contributed by atoms with Gasteiger partial charge in [0.1, 0.15) is 42.4 Å². The van der Waals surface area contributed by atoms with Gasteiger partial charge in [0.15, 0.2) is 5.79 Å². The molecular formula is C23H32O7. The van der Waals surface area contributed by atoms with E-state index in [9.17, 15) is 10.2 Å². The predicted molar refractivity (Wildman–Crippen MR) is 109 cm³/mol. The molecule has 7 nitrogen and oxygen atoms in total. The molecule has 0 radical (unpaired) electrons. The Labute approximate surface area is 177 Å². The maximum absolute atomic E-state index is 10.9. The van der Waals surface area contributed by atoms with Gasteiger partial charge in [-0.2, -0.15) is 0 Å². The van der Waals surface area contributed by atoms with Gasteiger partial charge in [-0.1, -0.05) is 24.6 Å². The number of rotatable bonds is 7. The van der Waals surface area contributed by atoms with Crippen LogP contribution in [0.4, 0.5) is 0 Å². The van der Waals surface area contributed by atoms with E-state index < -0.39 is 42.4 Å². The topological polar surface area (TPSA) is 86.6 Å². The smallest absolute Gasteiger partial charge is 0.169 e. The van der Waals surface area contributed by atoms with E-state index in [1.165, 1.54) is 0 Å². The molecule has 30 heavy (non-hydrogen) atoms. The van der Waals surface area contributed by atoms with Gasteiger partial charge in [-0.05, 0) is 30.5 Å². The van der Waals surface area contributed by atoms with E-state index in [-0.39, 0.29) is 13.2 Å². The molecule has 0 amide bonds. The summed E-state index contributed by atoms with van der Waals surface area (Å²) in [6, 6.07) is 7.54. The molecule has 4 rings (SSSR count). The van der Waals surface area contributed by atoms with Crippen molar-refractivity contribution in [3.05, 3.63) is 42.5 Å². The van der Waals surface area contributed by atoms with Gasteiger partial charge >= 0.3 is 0 Å². The fraction of sp³-hybridized carbons (Fsp3) is 0.652. The zero-order valence-electron chi connectivity index (χ0n) is 17.4. The molecule has 7 heteroatoms. The van der Waals surface area contributed by atoms with Crippen molar-refractivity contribution < 1.29 is 33.9 Å². The average molecular weight is 421 g/mol. The fourth-order valence-corrected chi connectivity index (χ4v) is 4.75. The zero-order chi connectivity index (χ0) is 21.1. The van der Waals surface area contributed by atoms with Crippen LogP contribution in [-0.2, 0) is 25.6 Å². The van der Waals surface area contributed by atoms with Gasteiger partial charge < -0.3 is 33.9 Å². The third kappa shape index (κ3) is 4.28. The highest BCUT2D eigenvalue weighted by molar-refractivity contribution is 5.26. The monoisotopic (exact) mass is 420 g/mol. The standard InChI is InChI=1S/C23H32O7/c1-3-13-27-19-17(24)18(25)20(28-14-15-7-9-16(26-2)10-8-15)22-21(19)29-23(30-22)11-5-4-6-12-23/h3,7-10,17-22,24-25H,1,4-6,11-14H2,2H3. The second-order valence-corrected chi connectivity index (χ2v) is 8.33. The first kappa shape index (κ1) is 21.7. The van der Waals surface area contributed by atoms with Crippen molar-refractivity contribution in [2.24, 2.45) is 0 Å². The molecule has 1 spiro atoms. The van der Waals surface area contributed by atoms with Gasteiger partial charge in [-0.25, -0.2) is 0 Å². The molecule has 0 bridgehead atoms. The molecule has 3 aliphatic rings. The largest absolute Gasteiger partial charge is 0.497 e. The summed E-state index contributed by atoms with van der Waals surface area (Å²) in [5.74, 6) is 0.0791. The molecule has 1 heterocycles. The summed E-state index contributed by atoms with van der Waals surface area (Å²) in [4.78, 5) is 0. The lowest BCUT2D eigenvalue weighted by molar-refractivity contribution is -0.219. The highest BCUT2D eigenvalue weighted by Gasteiger charge is 2.61. The first-order valence-electron chi connectivity index (χ1n) is 10.8. The van der Waals surface area contributed by atoms with Gasteiger partial charge in [-0.3, -0.25) is 0 Å². The summed E-state index contributed by atoms with van der Waals surface area (Å²) in [6.45, 7) is 4.20. The van der Waals surface area contributed by atoms with Crippen LogP contribution in [0.25, 0.3) is 0 Å². The van der Waals surface area contributed by atoms with Crippen LogP contribution in [-0.4, -0.2) is 66.3 Å². The van der Waals surface area contributed by atoms with E-state index in [1.807, 2.05) is 24.3 Å². The quantitative estimate of drug-likeness (QED) is 0.655. The molecule has 2 aliphatic carbocycles. The van der Waals surface area contributed by atoms with E-state index >= 15 is 0 Å². The molecular weight excluding hydrogens is 388 g/mol. The van der Waals surface area contributed by atoms with E-state index in [2.05, 4.69) is 6.58 Å². The van der Waals surface area contributed by atoms with Gasteiger partial charge in [0, 0.05) is 12.8 Å². The third-order valence-electron chi connectivity index (χ3n) is 6.32. The van der Waals surface area contributed by atoms with Crippen molar-refractivity contribution in [3.8, 4) is 5.75 Å². The van der Waals surface area contributed by atoms with Gasteiger partial charge in [-0.15, -0.1) is 6.58 Å². The van der Waals surface area contributed by atoms with Crippen molar-refractivity contribution in [1.82, 2.24) is 0 Å². The van der Waals surface area contributed by atoms with Crippen LogP contribution in [0, 0.1) is 0 Å². The number of hydrogen-bond donors (Lipinski definition) is 2. The Hall–Kier alpha value is -1.48. The number of methoxy groups -OCH3 is 1. The predicted octanol–water partition coefficient (Wildman–Crippen LogP) is 2.33. The Morgan fingerprint density at radius 1 is 1.00 bits per heavy atom. The first-order valence-corrected chi connectivity index (χ1v) is 10.8. The van der Waals surface area contributed by atoms with Crippen LogP contribution in [0.3, 0.4) is 0 Å². The Balaban J connectivity index is 1.52. The summed E-state index contributed by atoms with van der Waals surface area (Å²) >= 11 is 0. The van der Waals surface area contributed by atoms with Crippen LogP contribution in [0.2, 0.25) is 0 Å². The van der Waals surface area contributed by atoms with E-state index in [0.717, 1.165) is 43.4 Å².